The summed E-state index contributed by atoms with van der Waals surface area (Å²) in [5.74, 6) is -0.339. The van der Waals surface area contributed by atoms with Crippen LogP contribution in [-0.4, -0.2) is 11.5 Å². The number of aliphatic hydroxyl groups excluding tert-OH is 1. The molecule has 0 bridgehead atoms. The summed E-state index contributed by atoms with van der Waals surface area (Å²) < 4.78 is 40.9. The standard InChI is InChI=1S/C14H15F3O2/c15-14(16,17)19-12-9-5-4-8-11(12)13(18)10-6-2-1-3-7-10/h4-6,8-9,13,18H,1-3,7H2. The lowest BCUT2D eigenvalue weighted by Crippen LogP contribution is -2.19. The minimum Gasteiger partial charge on any atom is -0.405 e. The third kappa shape index (κ3) is 3.73. The van der Waals surface area contributed by atoms with Crippen LogP contribution in [0, 0.1) is 0 Å². The summed E-state index contributed by atoms with van der Waals surface area (Å²) in [6.45, 7) is 0. The number of ether oxygens (including phenoxy) is 1. The Labute approximate surface area is 109 Å². The third-order valence-electron chi connectivity index (χ3n) is 3.12. The first-order chi connectivity index (χ1) is 8.97. The molecule has 1 aliphatic rings. The maximum atomic E-state index is 12.3. The van der Waals surface area contributed by atoms with E-state index >= 15 is 0 Å². The molecule has 0 aromatic heterocycles. The fourth-order valence-electron chi connectivity index (χ4n) is 2.24. The molecule has 0 aliphatic heterocycles. The lowest BCUT2D eigenvalue weighted by molar-refractivity contribution is -0.275. The Kier molecular flexibility index (Phi) is 4.14. The van der Waals surface area contributed by atoms with Crippen LogP contribution in [-0.2, 0) is 0 Å². The van der Waals surface area contributed by atoms with E-state index in [2.05, 4.69) is 4.74 Å². The first-order valence-corrected chi connectivity index (χ1v) is 6.19. The van der Waals surface area contributed by atoms with Gasteiger partial charge in [-0.05, 0) is 37.3 Å². The third-order valence-corrected chi connectivity index (χ3v) is 3.12. The van der Waals surface area contributed by atoms with Crippen LogP contribution in [0.5, 0.6) is 5.75 Å². The SMILES string of the molecule is OC(C1=CCCCC1)c1ccccc1OC(F)(F)F. The second-order valence-corrected chi connectivity index (χ2v) is 4.51. The number of hydrogen-bond donors (Lipinski definition) is 1. The molecule has 1 atom stereocenters. The average molecular weight is 272 g/mol. The number of rotatable bonds is 3. The summed E-state index contributed by atoms with van der Waals surface area (Å²) in [5.41, 5.74) is 0.928. The highest BCUT2D eigenvalue weighted by Gasteiger charge is 2.33. The van der Waals surface area contributed by atoms with Gasteiger partial charge in [-0.15, -0.1) is 13.2 Å². The van der Waals surface area contributed by atoms with E-state index in [4.69, 9.17) is 0 Å². The highest BCUT2D eigenvalue weighted by molar-refractivity contribution is 5.39. The average Bonchev–Trinajstić information content (AvgIpc) is 2.38. The molecule has 0 radical (unpaired) electrons. The van der Waals surface area contributed by atoms with Crippen molar-refractivity contribution >= 4 is 0 Å². The lowest BCUT2D eigenvalue weighted by Gasteiger charge is -2.21. The van der Waals surface area contributed by atoms with Crippen LogP contribution in [0.2, 0.25) is 0 Å². The minimum atomic E-state index is -4.75. The van der Waals surface area contributed by atoms with Gasteiger partial charge in [-0.25, -0.2) is 0 Å². The number of alkyl halides is 3. The highest BCUT2D eigenvalue weighted by atomic mass is 19.4. The Bertz CT molecular complexity index is 466. The molecular weight excluding hydrogens is 257 g/mol. The van der Waals surface area contributed by atoms with E-state index in [9.17, 15) is 18.3 Å². The fraction of sp³-hybridized carbons (Fsp3) is 0.429. The molecule has 2 rings (SSSR count). The summed E-state index contributed by atoms with van der Waals surface area (Å²) in [6.07, 6.45) is -0.313. The van der Waals surface area contributed by atoms with Crippen molar-refractivity contribution in [1.82, 2.24) is 0 Å². The predicted octanol–water partition coefficient (Wildman–Crippen LogP) is 4.12. The smallest absolute Gasteiger partial charge is 0.405 e. The molecule has 1 aromatic carbocycles. The monoisotopic (exact) mass is 272 g/mol. The van der Waals surface area contributed by atoms with Crippen LogP contribution < -0.4 is 4.74 Å². The number of hydrogen-bond acceptors (Lipinski definition) is 2. The molecule has 1 N–H and O–H groups in total. The van der Waals surface area contributed by atoms with Crippen molar-refractivity contribution in [1.29, 1.82) is 0 Å². The van der Waals surface area contributed by atoms with E-state index < -0.39 is 12.5 Å². The van der Waals surface area contributed by atoms with Gasteiger partial charge in [-0.2, -0.15) is 0 Å². The summed E-state index contributed by atoms with van der Waals surface area (Å²) in [4.78, 5) is 0. The molecule has 19 heavy (non-hydrogen) atoms. The Hall–Kier alpha value is -1.49. The van der Waals surface area contributed by atoms with Gasteiger partial charge in [0.05, 0.1) is 0 Å². The fourth-order valence-corrected chi connectivity index (χ4v) is 2.24. The topological polar surface area (TPSA) is 29.5 Å². The molecule has 0 heterocycles. The van der Waals surface area contributed by atoms with E-state index in [1.54, 1.807) is 6.07 Å². The minimum absolute atomic E-state index is 0.160. The molecule has 1 aromatic rings. The normalized spacial score (nSPS) is 17.8. The van der Waals surface area contributed by atoms with Gasteiger partial charge in [0, 0.05) is 5.56 Å². The van der Waals surface area contributed by atoms with Crippen LogP contribution in [0.3, 0.4) is 0 Å². The van der Waals surface area contributed by atoms with E-state index in [1.165, 1.54) is 18.2 Å². The number of aliphatic hydroxyl groups is 1. The zero-order chi connectivity index (χ0) is 13.9. The Balaban J connectivity index is 2.26. The van der Waals surface area contributed by atoms with E-state index in [-0.39, 0.29) is 11.3 Å². The van der Waals surface area contributed by atoms with Gasteiger partial charge < -0.3 is 9.84 Å². The van der Waals surface area contributed by atoms with Crippen molar-refractivity contribution in [2.45, 2.75) is 38.1 Å². The largest absolute Gasteiger partial charge is 0.573 e. The van der Waals surface area contributed by atoms with Crippen molar-refractivity contribution < 1.29 is 23.0 Å². The van der Waals surface area contributed by atoms with Crippen LogP contribution in [0.4, 0.5) is 13.2 Å². The first kappa shape index (κ1) is 13.9. The Morgan fingerprint density at radius 1 is 1.16 bits per heavy atom. The van der Waals surface area contributed by atoms with Gasteiger partial charge in [-0.3, -0.25) is 0 Å². The van der Waals surface area contributed by atoms with E-state index in [0.717, 1.165) is 24.8 Å². The number of halogens is 3. The molecule has 1 aliphatic carbocycles. The molecule has 0 spiro atoms. The summed E-state index contributed by atoms with van der Waals surface area (Å²) in [5, 5.41) is 10.2. The first-order valence-electron chi connectivity index (χ1n) is 6.19. The number of allylic oxidation sites excluding steroid dienone is 1. The molecule has 104 valence electrons. The van der Waals surface area contributed by atoms with E-state index in [0.29, 0.717) is 6.42 Å². The van der Waals surface area contributed by atoms with Crippen molar-refractivity contribution in [3.05, 3.63) is 41.5 Å². The van der Waals surface area contributed by atoms with Gasteiger partial charge in [0.15, 0.2) is 0 Å². The quantitative estimate of drug-likeness (QED) is 0.839. The van der Waals surface area contributed by atoms with Gasteiger partial charge in [0.25, 0.3) is 0 Å². The maximum absolute atomic E-state index is 12.3. The van der Waals surface area contributed by atoms with Gasteiger partial charge in [0.1, 0.15) is 11.9 Å². The van der Waals surface area contributed by atoms with Crippen molar-refractivity contribution in [2.75, 3.05) is 0 Å². The number of benzene rings is 1. The molecule has 0 fully saturated rings. The second-order valence-electron chi connectivity index (χ2n) is 4.51. The zero-order valence-electron chi connectivity index (χ0n) is 10.3. The molecule has 1 unspecified atom stereocenters. The van der Waals surface area contributed by atoms with Crippen LogP contribution in [0.15, 0.2) is 35.9 Å². The second kappa shape index (κ2) is 5.65. The zero-order valence-corrected chi connectivity index (χ0v) is 10.3. The molecule has 0 amide bonds. The van der Waals surface area contributed by atoms with Crippen LogP contribution in [0.1, 0.15) is 37.4 Å². The molecule has 0 saturated heterocycles. The lowest BCUT2D eigenvalue weighted by atomic mass is 9.91. The van der Waals surface area contributed by atoms with Gasteiger partial charge in [0.2, 0.25) is 0 Å². The Morgan fingerprint density at radius 2 is 1.89 bits per heavy atom. The summed E-state index contributed by atoms with van der Waals surface area (Å²) in [7, 11) is 0. The predicted molar refractivity (Wildman–Crippen MR) is 64.6 cm³/mol. The van der Waals surface area contributed by atoms with Gasteiger partial charge >= 0.3 is 6.36 Å². The molecule has 2 nitrogen and oxygen atoms in total. The molecule has 5 heteroatoms. The van der Waals surface area contributed by atoms with Crippen molar-refractivity contribution in [2.24, 2.45) is 0 Å². The summed E-state index contributed by atoms with van der Waals surface area (Å²) >= 11 is 0. The van der Waals surface area contributed by atoms with Crippen LogP contribution in [0.25, 0.3) is 0 Å². The molecular formula is C14H15F3O2. The van der Waals surface area contributed by atoms with Crippen LogP contribution >= 0.6 is 0 Å². The Morgan fingerprint density at radius 3 is 2.53 bits per heavy atom. The summed E-state index contributed by atoms with van der Waals surface area (Å²) in [6, 6.07) is 5.72. The maximum Gasteiger partial charge on any atom is 0.573 e. The number of para-hydroxylation sites is 1. The van der Waals surface area contributed by atoms with Crippen molar-refractivity contribution in [3.63, 3.8) is 0 Å². The molecule has 0 saturated carbocycles. The van der Waals surface area contributed by atoms with Gasteiger partial charge in [-0.1, -0.05) is 24.3 Å². The highest BCUT2D eigenvalue weighted by Crippen LogP contribution is 2.36. The van der Waals surface area contributed by atoms with E-state index in [1.807, 2.05) is 6.08 Å². The van der Waals surface area contributed by atoms with Crippen molar-refractivity contribution in [3.8, 4) is 5.75 Å².